The minimum absolute atomic E-state index is 0.300. The Kier molecular flexibility index (Phi) is 8.51. The molecule has 0 bridgehead atoms. The number of nitrogens with two attached hydrogens (primary N) is 1. The number of nitrogens with zero attached hydrogens (tertiary/aromatic N) is 1. The second-order valence-electron chi connectivity index (χ2n) is 3.22. The lowest BCUT2D eigenvalue weighted by atomic mass is 10.3. The number of hydroxylamine groups is 2. The highest BCUT2D eigenvalue weighted by molar-refractivity contribution is 5.73. The van der Waals surface area contributed by atoms with E-state index < -0.39 is 5.91 Å². The first-order chi connectivity index (χ1) is 6.68. The average molecular weight is 202 g/mol. The summed E-state index contributed by atoms with van der Waals surface area (Å²) >= 11 is 0. The van der Waals surface area contributed by atoms with Crippen molar-refractivity contribution < 1.29 is 4.79 Å². The van der Waals surface area contributed by atoms with Gasteiger partial charge in [0, 0.05) is 13.5 Å². The van der Waals surface area contributed by atoms with E-state index in [2.05, 4.69) is 5.32 Å². The number of hydrogen-bond acceptors (Lipinski definition) is 4. The van der Waals surface area contributed by atoms with Crippen molar-refractivity contribution in [3.63, 3.8) is 0 Å². The molecule has 3 N–H and O–H groups in total. The van der Waals surface area contributed by atoms with Crippen LogP contribution < -0.4 is 11.1 Å². The first-order valence-corrected chi connectivity index (χ1v) is 5.04. The summed E-state index contributed by atoms with van der Waals surface area (Å²) in [5.74, 6) is -0.416. The van der Waals surface area contributed by atoms with Crippen molar-refractivity contribution >= 4 is 5.91 Å². The van der Waals surface area contributed by atoms with Gasteiger partial charge in [-0.05, 0) is 38.9 Å². The summed E-state index contributed by atoms with van der Waals surface area (Å²) in [6.07, 6.45) is 2.64. The van der Waals surface area contributed by atoms with Gasteiger partial charge in [0.1, 0.15) is 0 Å². The van der Waals surface area contributed by atoms with Gasteiger partial charge >= 0.3 is 0 Å². The van der Waals surface area contributed by atoms with E-state index in [4.69, 9.17) is 5.73 Å². The van der Waals surface area contributed by atoms with Gasteiger partial charge in [0.15, 0.2) is 0 Å². The molecule has 0 aliphatic heterocycles. The molecule has 5 heteroatoms. The van der Waals surface area contributed by atoms with Crippen molar-refractivity contribution in [1.82, 2.24) is 10.4 Å². The molecule has 0 heterocycles. The van der Waals surface area contributed by atoms with Crippen LogP contribution in [0.1, 0.15) is 26.2 Å². The Morgan fingerprint density at radius 3 is 2.57 bits per heavy atom. The lowest BCUT2D eigenvalue weighted by Gasteiger charge is -2.26. The Balaban J connectivity index is 3.09. The molecule has 0 aromatic heterocycles. The highest BCUT2D eigenvalue weighted by Crippen LogP contribution is 1.93. The zero-order valence-corrected chi connectivity index (χ0v) is 8.79. The van der Waals surface area contributed by atoms with Crippen LogP contribution in [-0.4, -0.2) is 37.1 Å². The van der Waals surface area contributed by atoms with Gasteiger partial charge in [0.2, 0.25) is 5.91 Å². The second kappa shape index (κ2) is 8.93. The molecule has 5 nitrogen and oxygen atoms in total. The molecule has 0 aromatic carbocycles. The summed E-state index contributed by atoms with van der Waals surface area (Å²) in [7, 11) is 0. The van der Waals surface area contributed by atoms with Crippen LogP contribution in [0.4, 0.5) is 0 Å². The fraction of sp³-hybridized carbons (Fsp3) is 0.889. The standard InChI is InChI=1S/C9H20N3O2/c1-9(13)12(14)8-3-2-6-11-7-4-5-10/h11H,2-8,10H2,1H3/q-1. The number of carbonyl (C=O) groups excluding carboxylic acids is 1. The highest BCUT2D eigenvalue weighted by Gasteiger charge is 1.95. The summed E-state index contributed by atoms with van der Waals surface area (Å²) in [6, 6.07) is 0. The summed E-state index contributed by atoms with van der Waals surface area (Å²) in [5, 5.41) is 14.5. The second-order valence-corrected chi connectivity index (χ2v) is 3.22. The zero-order valence-electron chi connectivity index (χ0n) is 8.79. The van der Waals surface area contributed by atoms with Crippen LogP contribution in [0.25, 0.3) is 0 Å². The van der Waals surface area contributed by atoms with Crippen molar-refractivity contribution in [2.45, 2.75) is 26.2 Å². The first kappa shape index (κ1) is 13.4. The van der Waals surface area contributed by atoms with Crippen molar-refractivity contribution in [2.24, 2.45) is 5.73 Å². The van der Waals surface area contributed by atoms with E-state index >= 15 is 0 Å². The van der Waals surface area contributed by atoms with Gasteiger partial charge in [-0.3, -0.25) is 4.79 Å². The van der Waals surface area contributed by atoms with Gasteiger partial charge in [0.05, 0.1) is 0 Å². The SMILES string of the molecule is CC(=O)N([O-])CCCCNCCCN. The largest absolute Gasteiger partial charge is 0.756 e. The van der Waals surface area contributed by atoms with E-state index in [1.54, 1.807) is 0 Å². The fourth-order valence-corrected chi connectivity index (χ4v) is 1.01. The molecular formula is C9H20N3O2-. The molecule has 0 spiro atoms. The van der Waals surface area contributed by atoms with Crippen LogP contribution >= 0.6 is 0 Å². The lowest BCUT2D eigenvalue weighted by Crippen LogP contribution is -2.24. The third-order valence-electron chi connectivity index (χ3n) is 1.87. The monoisotopic (exact) mass is 202 g/mol. The number of amides is 1. The molecule has 0 aromatic rings. The number of carbonyl (C=O) groups is 1. The minimum atomic E-state index is -0.416. The first-order valence-electron chi connectivity index (χ1n) is 5.04. The molecule has 0 radical (unpaired) electrons. The molecule has 0 fully saturated rings. The van der Waals surface area contributed by atoms with Gasteiger partial charge in [-0.2, -0.15) is 0 Å². The Labute approximate surface area is 85.2 Å². The maximum absolute atomic E-state index is 10.8. The normalized spacial score (nSPS) is 10.2. The van der Waals surface area contributed by atoms with Crippen LogP contribution in [0.15, 0.2) is 0 Å². The summed E-state index contributed by atoms with van der Waals surface area (Å²) in [6.45, 7) is 4.09. The Morgan fingerprint density at radius 1 is 1.36 bits per heavy atom. The molecule has 0 unspecified atom stereocenters. The van der Waals surface area contributed by atoms with Gasteiger partial charge < -0.3 is 21.3 Å². The van der Waals surface area contributed by atoms with Crippen molar-refractivity contribution in [2.75, 3.05) is 26.2 Å². The predicted octanol–water partition coefficient (Wildman–Crippen LogP) is 0.0513. The molecule has 1 amide bonds. The van der Waals surface area contributed by atoms with Crippen LogP contribution in [-0.2, 0) is 4.79 Å². The van der Waals surface area contributed by atoms with E-state index in [1.165, 1.54) is 6.92 Å². The number of rotatable bonds is 8. The Morgan fingerprint density at radius 2 is 2.00 bits per heavy atom. The molecule has 0 rings (SSSR count). The fourth-order valence-electron chi connectivity index (χ4n) is 1.01. The van der Waals surface area contributed by atoms with Crippen LogP contribution in [0, 0.1) is 5.21 Å². The van der Waals surface area contributed by atoms with Gasteiger partial charge in [-0.1, -0.05) is 0 Å². The van der Waals surface area contributed by atoms with E-state index in [9.17, 15) is 10.0 Å². The van der Waals surface area contributed by atoms with Crippen molar-refractivity contribution in [3.05, 3.63) is 5.21 Å². The molecule has 0 saturated carbocycles. The maximum Gasteiger partial charge on any atom is 0.208 e. The third kappa shape index (κ3) is 7.97. The summed E-state index contributed by atoms with van der Waals surface area (Å²) in [5.41, 5.74) is 5.32. The third-order valence-corrected chi connectivity index (χ3v) is 1.87. The van der Waals surface area contributed by atoms with E-state index in [0.717, 1.165) is 32.4 Å². The van der Waals surface area contributed by atoms with E-state index in [-0.39, 0.29) is 0 Å². The van der Waals surface area contributed by atoms with Crippen molar-refractivity contribution in [1.29, 1.82) is 0 Å². The summed E-state index contributed by atoms with van der Waals surface area (Å²) in [4.78, 5) is 10.5. The highest BCUT2D eigenvalue weighted by atomic mass is 16.5. The Bertz CT molecular complexity index is 153. The molecule has 0 aliphatic carbocycles. The topological polar surface area (TPSA) is 81.4 Å². The lowest BCUT2D eigenvalue weighted by molar-refractivity contribution is -0.126. The zero-order chi connectivity index (χ0) is 10.8. The minimum Gasteiger partial charge on any atom is -0.756 e. The van der Waals surface area contributed by atoms with Gasteiger partial charge in [0.25, 0.3) is 0 Å². The van der Waals surface area contributed by atoms with Crippen molar-refractivity contribution in [3.8, 4) is 0 Å². The van der Waals surface area contributed by atoms with Crippen LogP contribution in [0.3, 0.4) is 0 Å². The molecule has 0 saturated heterocycles. The molecule has 0 aliphatic rings. The molecule has 14 heavy (non-hydrogen) atoms. The smallest absolute Gasteiger partial charge is 0.208 e. The molecule has 84 valence electrons. The predicted molar refractivity (Wildman–Crippen MR) is 56.5 cm³/mol. The number of unbranched alkanes of at least 4 members (excludes halogenated alkanes) is 1. The Hall–Kier alpha value is -0.650. The van der Waals surface area contributed by atoms with E-state index in [0.29, 0.717) is 18.2 Å². The van der Waals surface area contributed by atoms with Gasteiger partial charge in [-0.25, -0.2) is 0 Å². The number of nitrogens with one attached hydrogen (secondary N) is 1. The van der Waals surface area contributed by atoms with Crippen LogP contribution in [0.2, 0.25) is 0 Å². The van der Waals surface area contributed by atoms with E-state index in [1.807, 2.05) is 0 Å². The number of hydrogen-bond donors (Lipinski definition) is 2. The molecular weight excluding hydrogens is 182 g/mol. The molecule has 0 atom stereocenters. The van der Waals surface area contributed by atoms with Gasteiger partial charge in [-0.15, -0.1) is 0 Å². The summed E-state index contributed by atoms with van der Waals surface area (Å²) < 4.78 is 0. The van der Waals surface area contributed by atoms with Crippen LogP contribution in [0.5, 0.6) is 0 Å². The maximum atomic E-state index is 10.8. The average Bonchev–Trinajstić information content (AvgIpc) is 2.16. The quantitative estimate of drug-likeness (QED) is 0.430.